The Balaban J connectivity index is 2.66. The molecule has 0 amide bonds. The molecule has 0 aromatic carbocycles. The van der Waals surface area contributed by atoms with Gasteiger partial charge in [0.15, 0.2) is 10.3 Å². The molecule has 0 fully saturated rings. The maximum absolute atomic E-state index is 5.96. The van der Waals surface area contributed by atoms with Crippen molar-refractivity contribution in [2.75, 3.05) is 0 Å². The first-order chi connectivity index (χ1) is 7.27. The first kappa shape index (κ1) is 8.88. The molecule has 3 heterocycles. The van der Waals surface area contributed by atoms with Crippen LogP contribution in [0.5, 0.6) is 0 Å². The molecule has 0 spiro atoms. The Hall–Kier alpha value is -1.39. The summed E-state index contributed by atoms with van der Waals surface area (Å²) in [7, 11) is 0. The van der Waals surface area contributed by atoms with Gasteiger partial charge in [0.2, 0.25) is 0 Å². The van der Waals surface area contributed by atoms with Gasteiger partial charge >= 0.3 is 0 Å². The lowest BCUT2D eigenvalue weighted by atomic mass is 10.3. The minimum absolute atomic E-state index is 0.262. The molecule has 0 unspecified atom stereocenters. The molecular weight excluding hydrogens is 235 g/mol. The van der Waals surface area contributed by atoms with Crippen molar-refractivity contribution in [1.29, 1.82) is 0 Å². The van der Waals surface area contributed by atoms with E-state index in [1.54, 1.807) is 4.52 Å². The maximum Gasteiger partial charge on any atom is 0.179 e. The van der Waals surface area contributed by atoms with E-state index in [0.29, 0.717) is 10.7 Å². The Morgan fingerprint density at radius 1 is 1.07 bits per heavy atom. The van der Waals surface area contributed by atoms with Crippen LogP contribution in [0, 0.1) is 0 Å². The zero-order chi connectivity index (χ0) is 10.4. The monoisotopic (exact) mass is 238 g/mol. The molecule has 0 atom stereocenters. The van der Waals surface area contributed by atoms with E-state index in [9.17, 15) is 0 Å². The fraction of sp³-hybridized carbons (Fsp3) is 0. The summed E-state index contributed by atoms with van der Waals surface area (Å²) >= 11 is 11.9. The Labute approximate surface area is 94.4 Å². The Morgan fingerprint density at radius 2 is 1.87 bits per heavy atom. The molecule has 0 N–H and O–H groups in total. The number of aromatic nitrogens is 4. The van der Waals surface area contributed by atoms with Gasteiger partial charge in [-0.05, 0) is 12.1 Å². The van der Waals surface area contributed by atoms with Gasteiger partial charge in [0.25, 0.3) is 0 Å². The zero-order valence-electron chi connectivity index (χ0n) is 7.35. The number of rotatable bonds is 0. The molecule has 6 heteroatoms. The van der Waals surface area contributed by atoms with E-state index in [-0.39, 0.29) is 5.15 Å². The summed E-state index contributed by atoms with van der Waals surface area (Å²) in [5, 5.41) is 13.1. The number of hydrogen-bond donors (Lipinski definition) is 0. The molecule has 3 rings (SSSR count). The van der Waals surface area contributed by atoms with Gasteiger partial charge in [-0.2, -0.15) is 5.10 Å². The van der Waals surface area contributed by atoms with Gasteiger partial charge in [-0.25, -0.2) is 4.52 Å². The van der Waals surface area contributed by atoms with E-state index in [4.69, 9.17) is 23.2 Å². The van der Waals surface area contributed by atoms with Gasteiger partial charge in [0.05, 0.1) is 10.9 Å². The highest BCUT2D eigenvalue weighted by Crippen LogP contribution is 2.28. The lowest BCUT2D eigenvalue weighted by Gasteiger charge is -1.92. The van der Waals surface area contributed by atoms with Gasteiger partial charge in [0, 0.05) is 6.20 Å². The second-order valence-corrected chi connectivity index (χ2v) is 3.75. The quantitative estimate of drug-likeness (QED) is 0.605. The fourth-order valence-electron chi connectivity index (χ4n) is 1.53. The third-order valence-corrected chi connectivity index (χ3v) is 2.69. The summed E-state index contributed by atoms with van der Waals surface area (Å²) in [6.07, 6.45) is 1.82. The Kier molecular flexibility index (Phi) is 1.81. The van der Waals surface area contributed by atoms with Crippen LogP contribution in [-0.4, -0.2) is 19.8 Å². The lowest BCUT2D eigenvalue weighted by molar-refractivity contribution is 0.974. The molecule has 3 aromatic rings. The number of fused-ring (bicyclic) bond motifs is 3. The Bertz CT molecular complexity index is 662. The number of nitrogens with zero attached hydrogens (tertiary/aromatic N) is 4. The summed E-state index contributed by atoms with van der Waals surface area (Å²) in [5.41, 5.74) is 1.44. The molecule has 74 valence electrons. The highest BCUT2D eigenvalue weighted by Gasteiger charge is 2.13. The molecule has 0 saturated carbocycles. The van der Waals surface area contributed by atoms with Crippen LogP contribution < -0.4 is 0 Å². The summed E-state index contributed by atoms with van der Waals surface area (Å²) in [4.78, 5) is 0. The maximum atomic E-state index is 5.96. The van der Waals surface area contributed by atoms with Crippen LogP contribution in [-0.2, 0) is 0 Å². The van der Waals surface area contributed by atoms with E-state index < -0.39 is 0 Å². The third kappa shape index (κ3) is 1.19. The van der Waals surface area contributed by atoms with Crippen molar-refractivity contribution in [1.82, 2.24) is 19.8 Å². The molecule has 0 bridgehead atoms. The average molecular weight is 239 g/mol. The minimum atomic E-state index is 0.262. The molecule has 0 aliphatic rings. The molecule has 0 radical (unpaired) electrons. The minimum Gasteiger partial charge on any atom is -0.240 e. The van der Waals surface area contributed by atoms with E-state index in [0.717, 1.165) is 10.9 Å². The average Bonchev–Trinajstić information content (AvgIpc) is 2.64. The number of pyridine rings is 1. The summed E-state index contributed by atoms with van der Waals surface area (Å²) in [5.74, 6) is 0. The SMILES string of the molecule is Clc1nnc(Cl)c2c1nn1ccccc21. The second-order valence-electron chi connectivity index (χ2n) is 3.04. The summed E-state index contributed by atoms with van der Waals surface area (Å²) < 4.78 is 1.70. The topological polar surface area (TPSA) is 43.1 Å². The van der Waals surface area contributed by atoms with E-state index >= 15 is 0 Å². The first-order valence-electron chi connectivity index (χ1n) is 4.22. The van der Waals surface area contributed by atoms with Crippen LogP contribution in [0.2, 0.25) is 10.3 Å². The van der Waals surface area contributed by atoms with Gasteiger partial charge in [-0.3, -0.25) is 0 Å². The van der Waals surface area contributed by atoms with Gasteiger partial charge in [-0.15, -0.1) is 10.2 Å². The predicted molar refractivity (Wildman–Crippen MR) is 58.3 cm³/mol. The van der Waals surface area contributed by atoms with Crippen molar-refractivity contribution in [3.8, 4) is 0 Å². The van der Waals surface area contributed by atoms with Crippen molar-refractivity contribution in [2.24, 2.45) is 0 Å². The van der Waals surface area contributed by atoms with Crippen molar-refractivity contribution in [3.05, 3.63) is 34.7 Å². The highest BCUT2D eigenvalue weighted by molar-refractivity contribution is 6.39. The zero-order valence-corrected chi connectivity index (χ0v) is 8.87. The summed E-state index contributed by atoms with van der Waals surface area (Å²) in [6.45, 7) is 0. The molecule has 0 aliphatic carbocycles. The highest BCUT2D eigenvalue weighted by atomic mass is 35.5. The van der Waals surface area contributed by atoms with Crippen LogP contribution >= 0.6 is 23.2 Å². The van der Waals surface area contributed by atoms with Crippen molar-refractivity contribution in [3.63, 3.8) is 0 Å². The smallest absolute Gasteiger partial charge is 0.179 e. The van der Waals surface area contributed by atoms with Crippen molar-refractivity contribution >= 4 is 39.6 Å². The van der Waals surface area contributed by atoms with Crippen LogP contribution in [0.25, 0.3) is 16.4 Å². The van der Waals surface area contributed by atoms with E-state index in [2.05, 4.69) is 15.3 Å². The molecule has 0 saturated heterocycles. The van der Waals surface area contributed by atoms with Crippen LogP contribution in [0.1, 0.15) is 0 Å². The molecule has 0 aliphatic heterocycles. The summed E-state index contributed by atoms with van der Waals surface area (Å²) in [6, 6.07) is 5.68. The van der Waals surface area contributed by atoms with Gasteiger partial charge in [-0.1, -0.05) is 29.3 Å². The number of halogens is 2. The normalized spacial score (nSPS) is 11.3. The van der Waals surface area contributed by atoms with Crippen LogP contribution in [0.15, 0.2) is 24.4 Å². The van der Waals surface area contributed by atoms with Gasteiger partial charge < -0.3 is 0 Å². The largest absolute Gasteiger partial charge is 0.240 e. The van der Waals surface area contributed by atoms with E-state index in [1.807, 2.05) is 24.4 Å². The van der Waals surface area contributed by atoms with Crippen molar-refractivity contribution in [2.45, 2.75) is 0 Å². The van der Waals surface area contributed by atoms with Crippen LogP contribution in [0.4, 0.5) is 0 Å². The first-order valence-corrected chi connectivity index (χ1v) is 4.98. The van der Waals surface area contributed by atoms with Crippen molar-refractivity contribution < 1.29 is 0 Å². The van der Waals surface area contributed by atoms with Crippen LogP contribution in [0.3, 0.4) is 0 Å². The number of hydrogen-bond acceptors (Lipinski definition) is 3. The fourth-order valence-corrected chi connectivity index (χ4v) is 1.93. The van der Waals surface area contributed by atoms with Gasteiger partial charge in [0.1, 0.15) is 5.52 Å². The Morgan fingerprint density at radius 3 is 2.73 bits per heavy atom. The molecule has 4 nitrogen and oxygen atoms in total. The molecule has 3 aromatic heterocycles. The lowest BCUT2D eigenvalue weighted by Crippen LogP contribution is -1.84. The predicted octanol–water partition coefficient (Wildman–Crippen LogP) is 2.58. The standard InChI is InChI=1S/C9H4Cl2N4/c10-8-6-5-3-1-2-4-15(5)14-7(6)9(11)13-12-8/h1-4H. The molecule has 15 heavy (non-hydrogen) atoms. The molecular formula is C9H4Cl2N4. The van der Waals surface area contributed by atoms with E-state index in [1.165, 1.54) is 0 Å². The third-order valence-electron chi connectivity index (χ3n) is 2.17. The second kappa shape index (κ2) is 3.05.